The molecule has 1 aromatic carbocycles. The number of hydrogen-bond acceptors (Lipinski definition) is 2. The van der Waals surface area contributed by atoms with E-state index in [0.717, 1.165) is 23.5 Å². The standard InChI is InChI=1S/C13H15ClFN3/c1-18-11(13(14)17-12(18)8-16)6-5-9-3-2-4-10(15)7-9/h2-4,7H,5-6,8,16H2,1H3. The lowest BCUT2D eigenvalue weighted by Crippen LogP contribution is -2.07. The minimum atomic E-state index is -0.216. The smallest absolute Gasteiger partial charge is 0.150 e. The summed E-state index contributed by atoms with van der Waals surface area (Å²) < 4.78 is 15.0. The first-order valence-electron chi connectivity index (χ1n) is 5.76. The molecule has 0 bridgehead atoms. The first kappa shape index (κ1) is 13.1. The molecule has 2 N–H and O–H groups in total. The maximum absolute atomic E-state index is 13.1. The van der Waals surface area contributed by atoms with E-state index in [0.29, 0.717) is 18.1 Å². The van der Waals surface area contributed by atoms with E-state index in [-0.39, 0.29) is 5.82 Å². The van der Waals surface area contributed by atoms with Crippen LogP contribution in [-0.4, -0.2) is 9.55 Å². The van der Waals surface area contributed by atoms with Gasteiger partial charge in [-0.05, 0) is 30.5 Å². The Morgan fingerprint density at radius 1 is 1.39 bits per heavy atom. The Balaban J connectivity index is 2.13. The van der Waals surface area contributed by atoms with Crippen molar-refractivity contribution < 1.29 is 4.39 Å². The number of imidazole rings is 1. The molecule has 18 heavy (non-hydrogen) atoms. The molecule has 0 atom stereocenters. The van der Waals surface area contributed by atoms with Crippen molar-refractivity contribution in [2.45, 2.75) is 19.4 Å². The zero-order valence-electron chi connectivity index (χ0n) is 10.2. The Morgan fingerprint density at radius 2 is 2.17 bits per heavy atom. The number of benzene rings is 1. The second-order valence-electron chi connectivity index (χ2n) is 4.16. The maximum atomic E-state index is 13.1. The van der Waals surface area contributed by atoms with E-state index < -0.39 is 0 Å². The van der Waals surface area contributed by atoms with Crippen molar-refractivity contribution >= 4 is 11.6 Å². The van der Waals surface area contributed by atoms with E-state index in [1.54, 1.807) is 6.07 Å². The van der Waals surface area contributed by atoms with Gasteiger partial charge in [-0.2, -0.15) is 0 Å². The highest BCUT2D eigenvalue weighted by Gasteiger charge is 2.11. The first-order valence-corrected chi connectivity index (χ1v) is 6.14. The average Bonchev–Trinajstić information content (AvgIpc) is 2.62. The summed E-state index contributed by atoms with van der Waals surface area (Å²) in [6.07, 6.45) is 1.44. The van der Waals surface area contributed by atoms with Crippen molar-refractivity contribution in [3.63, 3.8) is 0 Å². The molecule has 2 rings (SSSR count). The largest absolute Gasteiger partial charge is 0.333 e. The molecule has 5 heteroatoms. The number of rotatable bonds is 4. The van der Waals surface area contributed by atoms with Gasteiger partial charge in [-0.3, -0.25) is 0 Å². The number of aryl methyl sites for hydroxylation is 1. The van der Waals surface area contributed by atoms with Crippen LogP contribution in [0.4, 0.5) is 4.39 Å². The molecule has 0 saturated carbocycles. The van der Waals surface area contributed by atoms with Crippen LogP contribution >= 0.6 is 11.6 Å². The van der Waals surface area contributed by atoms with E-state index in [2.05, 4.69) is 4.98 Å². The van der Waals surface area contributed by atoms with Crippen molar-refractivity contribution in [2.75, 3.05) is 0 Å². The number of hydrogen-bond donors (Lipinski definition) is 1. The van der Waals surface area contributed by atoms with Gasteiger partial charge in [-0.1, -0.05) is 23.7 Å². The van der Waals surface area contributed by atoms with E-state index in [1.165, 1.54) is 12.1 Å². The quantitative estimate of drug-likeness (QED) is 0.925. The van der Waals surface area contributed by atoms with Crippen LogP contribution in [0.2, 0.25) is 5.15 Å². The van der Waals surface area contributed by atoms with Crippen molar-refractivity contribution in [3.8, 4) is 0 Å². The van der Waals surface area contributed by atoms with Crippen LogP contribution in [0.1, 0.15) is 17.1 Å². The third kappa shape index (κ3) is 2.71. The topological polar surface area (TPSA) is 43.8 Å². The van der Waals surface area contributed by atoms with Crippen LogP contribution < -0.4 is 5.73 Å². The minimum Gasteiger partial charge on any atom is -0.333 e. The lowest BCUT2D eigenvalue weighted by atomic mass is 10.1. The number of halogens is 2. The minimum absolute atomic E-state index is 0.216. The molecule has 0 aliphatic heterocycles. The molecule has 1 heterocycles. The van der Waals surface area contributed by atoms with E-state index in [1.807, 2.05) is 17.7 Å². The predicted octanol–water partition coefficient (Wildman–Crippen LogP) is 2.46. The lowest BCUT2D eigenvalue weighted by Gasteiger charge is -2.05. The SMILES string of the molecule is Cn1c(CN)nc(Cl)c1CCc1cccc(F)c1. The van der Waals surface area contributed by atoms with Crippen LogP contribution in [0.25, 0.3) is 0 Å². The van der Waals surface area contributed by atoms with Gasteiger partial charge in [0.2, 0.25) is 0 Å². The molecule has 0 aliphatic carbocycles. The van der Waals surface area contributed by atoms with E-state index in [4.69, 9.17) is 17.3 Å². The van der Waals surface area contributed by atoms with Crippen molar-refractivity contribution in [1.82, 2.24) is 9.55 Å². The summed E-state index contributed by atoms with van der Waals surface area (Å²) in [6, 6.07) is 6.58. The second-order valence-corrected chi connectivity index (χ2v) is 4.52. The molecule has 2 aromatic rings. The number of aromatic nitrogens is 2. The highest BCUT2D eigenvalue weighted by atomic mass is 35.5. The normalized spacial score (nSPS) is 10.9. The first-order chi connectivity index (χ1) is 8.61. The van der Waals surface area contributed by atoms with Crippen LogP contribution in [0.15, 0.2) is 24.3 Å². The Labute approximate surface area is 110 Å². The summed E-state index contributed by atoms with van der Waals surface area (Å²) in [5.74, 6) is 0.542. The van der Waals surface area contributed by atoms with Crippen LogP contribution in [0.5, 0.6) is 0 Å². The Kier molecular flexibility index (Phi) is 3.99. The summed E-state index contributed by atoms with van der Waals surface area (Å²) in [5, 5.41) is 0.481. The molecule has 0 radical (unpaired) electrons. The molecular formula is C13H15ClFN3. The van der Waals surface area contributed by atoms with Gasteiger partial charge in [0.15, 0.2) is 5.15 Å². The summed E-state index contributed by atoms with van der Waals surface area (Å²) in [7, 11) is 1.89. The molecule has 3 nitrogen and oxygen atoms in total. The second kappa shape index (κ2) is 5.50. The zero-order chi connectivity index (χ0) is 13.1. The number of nitrogens with zero attached hydrogens (tertiary/aromatic N) is 2. The summed E-state index contributed by atoms with van der Waals surface area (Å²) in [5.41, 5.74) is 7.45. The average molecular weight is 268 g/mol. The van der Waals surface area contributed by atoms with Gasteiger partial charge in [0, 0.05) is 7.05 Å². The van der Waals surface area contributed by atoms with Gasteiger partial charge < -0.3 is 10.3 Å². The Hall–Kier alpha value is -1.39. The number of nitrogens with two attached hydrogens (primary N) is 1. The molecule has 1 aromatic heterocycles. The Bertz CT molecular complexity index is 551. The van der Waals surface area contributed by atoms with Crippen molar-refractivity contribution in [3.05, 3.63) is 52.3 Å². The molecular weight excluding hydrogens is 253 g/mol. The highest BCUT2D eigenvalue weighted by molar-refractivity contribution is 6.30. The molecule has 0 spiro atoms. The molecule has 96 valence electrons. The monoisotopic (exact) mass is 267 g/mol. The molecule has 0 saturated heterocycles. The summed E-state index contributed by atoms with van der Waals surface area (Å²) >= 11 is 6.06. The van der Waals surface area contributed by atoms with Gasteiger partial charge in [0.05, 0.1) is 12.2 Å². The third-order valence-electron chi connectivity index (χ3n) is 2.98. The fourth-order valence-electron chi connectivity index (χ4n) is 1.96. The van der Waals surface area contributed by atoms with Gasteiger partial charge in [0.1, 0.15) is 11.6 Å². The van der Waals surface area contributed by atoms with Gasteiger partial charge in [-0.25, -0.2) is 9.37 Å². The van der Waals surface area contributed by atoms with Crippen LogP contribution in [0, 0.1) is 5.82 Å². The highest BCUT2D eigenvalue weighted by Crippen LogP contribution is 2.18. The summed E-state index contributed by atoms with van der Waals surface area (Å²) in [6.45, 7) is 0.357. The fourth-order valence-corrected chi connectivity index (χ4v) is 2.27. The molecule has 0 aliphatic rings. The molecule has 0 amide bonds. The maximum Gasteiger partial charge on any atom is 0.150 e. The zero-order valence-corrected chi connectivity index (χ0v) is 10.9. The molecule has 0 unspecified atom stereocenters. The van der Waals surface area contributed by atoms with Crippen molar-refractivity contribution in [1.29, 1.82) is 0 Å². The van der Waals surface area contributed by atoms with Gasteiger partial charge in [-0.15, -0.1) is 0 Å². The predicted molar refractivity (Wildman–Crippen MR) is 69.9 cm³/mol. The van der Waals surface area contributed by atoms with Crippen molar-refractivity contribution in [2.24, 2.45) is 12.8 Å². The Morgan fingerprint density at radius 3 is 2.78 bits per heavy atom. The lowest BCUT2D eigenvalue weighted by molar-refractivity contribution is 0.624. The third-order valence-corrected chi connectivity index (χ3v) is 3.28. The van der Waals surface area contributed by atoms with Crippen LogP contribution in [0.3, 0.4) is 0 Å². The van der Waals surface area contributed by atoms with Gasteiger partial charge >= 0.3 is 0 Å². The van der Waals surface area contributed by atoms with Crippen LogP contribution in [-0.2, 0) is 26.4 Å². The summed E-state index contributed by atoms with van der Waals surface area (Å²) in [4.78, 5) is 4.19. The van der Waals surface area contributed by atoms with E-state index in [9.17, 15) is 4.39 Å². The van der Waals surface area contributed by atoms with Gasteiger partial charge in [0.25, 0.3) is 0 Å². The van der Waals surface area contributed by atoms with E-state index >= 15 is 0 Å². The molecule has 0 fully saturated rings. The fraction of sp³-hybridized carbons (Fsp3) is 0.308.